The summed E-state index contributed by atoms with van der Waals surface area (Å²) in [5.41, 5.74) is 3.23. The van der Waals surface area contributed by atoms with E-state index in [0.717, 1.165) is 11.3 Å². The number of hydrogen-bond donors (Lipinski definition) is 0. The molecule has 1 aromatic carbocycles. The van der Waals surface area contributed by atoms with Gasteiger partial charge in [-0.25, -0.2) is 4.98 Å². The molecular formula is C16H11N3. The molecule has 4 aromatic rings. The van der Waals surface area contributed by atoms with Gasteiger partial charge in [-0.1, -0.05) is 18.2 Å². The Labute approximate surface area is 110 Å². The zero-order valence-corrected chi connectivity index (χ0v) is 10.2. The van der Waals surface area contributed by atoms with E-state index < -0.39 is 0 Å². The van der Waals surface area contributed by atoms with Crippen molar-refractivity contribution in [2.75, 3.05) is 0 Å². The van der Waals surface area contributed by atoms with E-state index in [0.29, 0.717) is 0 Å². The van der Waals surface area contributed by atoms with Crippen LogP contribution in [0.2, 0.25) is 0 Å². The molecule has 0 radical (unpaired) electrons. The Hall–Kier alpha value is -2.68. The zero-order chi connectivity index (χ0) is 12.7. The fourth-order valence-corrected chi connectivity index (χ4v) is 2.55. The van der Waals surface area contributed by atoms with E-state index in [1.807, 2.05) is 24.4 Å². The fraction of sp³-hybridized carbons (Fsp3) is 0. The molecule has 3 heterocycles. The Bertz CT molecular complexity index is 810. The molecule has 0 aliphatic carbocycles. The van der Waals surface area contributed by atoms with Crippen LogP contribution in [0.3, 0.4) is 0 Å². The van der Waals surface area contributed by atoms with Crippen molar-refractivity contribution in [2.45, 2.75) is 0 Å². The highest BCUT2D eigenvalue weighted by Crippen LogP contribution is 2.29. The average Bonchev–Trinajstić information content (AvgIpc) is 2.83. The first kappa shape index (κ1) is 10.3. The van der Waals surface area contributed by atoms with Crippen LogP contribution in [0.25, 0.3) is 27.6 Å². The van der Waals surface area contributed by atoms with Crippen molar-refractivity contribution >= 4 is 21.9 Å². The molecule has 90 valence electrons. The van der Waals surface area contributed by atoms with Crippen LogP contribution in [0, 0.1) is 0 Å². The average molecular weight is 245 g/mol. The summed E-state index contributed by atoms with van der Waals surface area (Å²) in [5.74, 6) is 0. The lowest BCUT2D eigenvalue weighted by molar-refractivity contribution is 1.12. The maximum absolute atomic E-state index is 4.54. The summed E-state index contributed by atoms with van der Waals surface area (Å²) < 4.78 is 2.17. The lowest BCUT2D eigenvalue weighted by Crippen LogP contribution is -1.94. The predicted octanol–water partition coefficient (Wildman–Crippen LogP) is 3.57. The summed E-state index contributed by atoms with van der Waals surface area (Å²) in [6.07, 6.45) is 5.44. The van der Waals surface area contributed by atoms with Crippen molar-refractivity contribution in [2.24, 2.45) is 0 Å². The second kappa shape index (κ2) is 3.92. The molecule has 0 atom stereocenters. The van der Waals surface area contributed by atoms with Gasteiger partial charge >= 0.3 is 0 Å². The van der Waals surface area contributed by atoms with Crippen molar-refractivity contribution in [3.05, 3.63) is 67.1 Å². The normalized spacial score (nSPS) is 11.2. The first-order valence-electron chi connectivity index (χ1n) is 6.20. The molecule has 0 aliphatic heterocycles. The molecule has 3 heteroatoms. The highest BCUT2D eigenvalue weighted by Gasteiger charge is 2.11. The first-order valence-corrected chi connectivity index (χ1v) is 6.20. The molecule has 3 aromatic heterocycles. The highest BCUT2D eigenvalue weighted by molar-refractivity contribution is 6.07. The smallest absolute Gasteiger partial charge is 0.145 e. The highest BCUT2D eigenvalue weighted by atomic mass is 15.0. The minimum absolute atomic E-state index is 0.981. The van der Waals surface area contributed by atoms with Crippen LogP contribution in [0.15, 0.2) is 67.1 Å². The number of aromatic nitrogens is 3. The van der Waals surface area contributed by atoms with Gasteiger partial charge in [0.1, 0.15) is 5.65 Å². The summed E-state index contributed by atoms with van der Waals surface area (Å²) >= 11 is 0. The molecule has 0 aliphatic rings. The molecule has 0 spiro atoms. The number of rotatable bonds is 1. The minimum Gasteiger partial charge on any atom is -0.294 e. The van der Waals surface area contributed by atoms with Crippen molar-refractivity contribution in [3.63, 3.8) is 0 Å². The van der Waals surface area contributed by atoms with Crippen LogP contribution in [-0.2, 0) is 0 Å². The molecule has 0 amide bonds. The number of fused-ring (bicyclic) bond motifs is 3. The molecule has 0 fully saturated rings. The van der Waals surface area contributed by atoms with Gasteiger partial charge in [-0.2, -0.15) is 0 Å². The molecule has 3 nitrogen and oxygen atoms in total. The van der Waals surface area contributed by atoms with Gasteiger partial charge in [-0.3, -0.25) is 9.55 Å². The van der Waals surface area contributed by atoms with Crippen LogP contribution >= 0.6 is 0 Å². The number of benzene rings is 1. The Morgan fingerprint density at radius 1 is 0.737 bits per heavy atom. The largest absolute Gasteiger partial charge is 0.294 e. The van der Waals surface area contributed by atoms with E-state index in [2.05, 4.69) is 44.9 Å². The van der Waals surface area contributed by atoms with Crippen LogP contribution in [0.1, 0.15) is 0 Å². The summed E-state index contributed by atoms with van der Waals surface area (Å²) in [6, 6.07) is 16.5. The predicted molar refractivity (Wildman–Crippen MR) is 76.4 cm³/mol. The van der Waals surface area contributed by atoms with E-state index in [9.17, 15) is 0 Å². The van der Waals surface area contributed by atoms with E-state index in [-0.39, 0.29) is 0 Å². The Kier molecular flexibility index (Phi) is 2.12. The van der Waals surface area contributed by atoms with Gasteiger partial charge in [0.25, 0.3) is 0 Å². The second-order valence-electron chi connectivity index (χ2n) is 4.43. The van der Waals surface area contributed by atoms with Crippen LogP contribution in [0.4, 0.5) is 0 Å². The maximum atomic E-state index is 4.54. The van der Waals surface area contributed by atoms with E-state index >= 15 is 0 Å². The Balaban J connectivity index is 2.24. The van der Waals surface area contributed by atoms with Gasteiger partial charge < -0.3 is 0 Å². The first-order chi connectivity index (χ1) is 9.45. The zero-order valence-electron chi connectivity index (χ0n) is 10.2. The molecule has 0 saturated carbocycles. The molecule has 19 heavy (non-hydrogen) atoms. The minimum atomic E-state index is 0.981. The van der Waals surface area contributed by atoms with Gasteiger partial charge in [0, 0.05) is 29.4 Å². The molecule has 0 bridgehead atoms. The van der Waals surface area contributed by atoms with Crippen LogP contribution in [-0.4, -0.2) is 14.5 Å². The number of para-hydroxylation sites is 1. The molecule has 0 unspecified atom stereocenters. The van der Waals surface area contributed by atoms with Gasteiger partial charge in [-0.15, -0.1) is 0 Å². The number of hydrogen-bond acceptors (Lipinski definition) is 2. The molecule has 0 N–H and O–H groups in total. The van der Waals surface area contributed by atoms with Gasteiger partial charge in [-0.05, 0) is 30.3 Å². The summed E-state index contributed by atoms with van der Waals surface area (Å²) in [7, 11) is 0. The van der Waals surface area contributed by atoms with Gasteiger partial charge in [0.15, 0.2) is 0 Å². The van der Waals surface area contributed by atoms with Gasteiger partial charge in [0.2, 0.25) is 0 Å². The fourth-order valence-electron chi connectivity index (χ4n) is 2.55. The standard InChI is InChI=1S/C16H11N3/c1-2-6-15-13(4-1)14-5-3-9-18-16(14)19(15)12-7-10-17-11-8-12/h1-11H. The topological polar surface area (TPSA) is 30.7 Å². The SMILES string of the molecule is c1ccc2c(c1)c1cccnc1n2-c1ccncc1. The third kappa shape index (κ3) is 1.45. The molecule has 0 saturated heterocycles. The van der Waals surface area contributed by atoms with E-state index in [4.69, 9.17) is 0 Å². The van der Waals surface area contributed by atoms with Crippen molar-refractivity contribution in [1.82, 2.24) is 14.5 Å². The maximum Gasteiger partial charge on any atom is 0.145 e. The summed E-state index contributed by atoms with van der Waals surface area (Å²) in [4.78, 5) is 8.62. The van der Waals surface area contributed by atoms with E-state index in [1.165, 1.54) is 16.3 Å². The van der Waals surface area contributed by atoms with Crippen molar-refractivity contribution in [3.8, 4) is 5.69 Å². The lowest BCUT2D eigenvalue weighted by Gasteiger charge is -2.05. The van der Waals surface area contributed by atoms with Crippen molar-refractivity contribution in [1.29, 1.82) is 0 Å². The van der Waals surface area contributed by atoms with Gasteiger partial charge in [0.05, 0.1) is 11.2 Å². The monoisotopic (exact) mass is 245 g/mol. The molecular weight excluding hydrogens is 234 g/mol. The van der Waals surface area contributed by atoms with Crippen molar-refractivity contribution < 1.29 is 0 Å². The summed E-state index contributed by atoms with van der Waals surface area (Å²) in [5, 5.41) is 2.40. The van der Waals surface area contributed by atoms with Crippen LogP contribution in [0.5, 0.6) is 0 Å². The number of nitrogens with zero attached hydrogens (tertiary/aromatic N) is 3. The molecule has 4 rings (SSSR count). The van der Waals surface area contributed by atoms with Crippen LogP contribution < -0.4 is 0 Å². The third-order valence-electron chi connectivity index (χ3n) is 3.35. The Morgan fingerprint density at radius 3 is 2.42 bits per heavy atom. The second-order valence-corrected chi connectivity index (χ2v) is 4.43. The quantitative estimate of drug-likeness (QED) is 0.513. The summed E-state index contributed by atoms with van der Waals surface area (Å²) in [6.45, 7) is 0. The van der Waals surface area contributed by atoms with E-state index in [1.54, 1.807) is 12.4 Å². The third-order valence-corrected chi connectivity index (χ3v) is 3.35. The Morgan fingerprint density at radius 2 is 1.53 bits per heavy atom. The number of pyridine rings is 2. The lowest BCUT2D eigenvalue weighted by atomic mass is 10.2.